The van der Waals surface area contributed by atoms with E-state index < -0.39 is 57.8 Å². The topological polar surface area (TPSA) is 121 Å². The Kier molecular flexibility index (Phi) is 2.78. The number of carboxylic acids is 1. The molecule has 4 aliphatic carbocycles. The maximum atomic E-state index is 12.8. The standard InChI is InChI=1S/C19H24O7/c1-16-4-3-9-18(7-16,6-10(16)21)11(14(23)24)12-17(2)13(22)8(20)5-19(9,12)26-15(17)25/h8-9,11-13,20,22H,3-7H2,1-2H3,(H,23,24)/t8-,9-,11+,12+,13-,16+,17-,18-,19+/m1/s1. The van der Waals surface area contributed by atoms with Gasteiger partial charge in [0.25, 0.3) is 0 Å². The number of rotatable bonds is 1. The highest BCUT2D eigenvalue weighted by atomic mass is 16.6. The fraction of sp³-hybridized carbons (Fsp3) is 0.842. The Bertz CT molecular complexity index is 763. The molecule has 5 aliphatic rings. The van der Waals surface area contributed by atoms with Crippen molar-refractivity contribution in [2.45, 2.75) is 63.8 Å². The lowest BCUT2D eigenvalue weighted by Crippen LogP contribution is -2.59. The van der Waals surface area contributed by atoms with Crippen LogP contribution >= 0.6 is 0 Å². The average Bonchev–Trinajstić information content (AvgIpc) is 2.96. The Morgan fingerprint density at radius 3 is 2.58 bits per heavy atom. The van der Waals surface area contributed by atoms with Gasteiger partial charge in [-0.15, -0.1) is 0 Å². The lowest BCUT2D eigenvalue weighted by Gasteiger charge is -2.47. The molecule has 142 valence electrons. The Hall–Kier alpha value is -1.47. The summed E-state index contributed by atoms with van der Waals surface area (Å²) in [6, 6.07) is 0. The van der Waals surface area contributed by atoms with E-state index in [9.17, 15) is 29.7 Å². The van der Waals surface area contributed by atoms with E-state index in [4.69, 9.17) is 4.74 Å². The summed E-state index contributed by atoms with van der Waals surface area (Å²) in [5.41, 5.74) is -3.84. The molecule has 9 atom stereocenters. The van der Waals surface area contributed by atoms with E-state index in [1.165, 1.54) is 6.92 Å². The molecule has 0 radical (unpaired) electrons. The zero-order valence-electron chi connectivity index (χ0n) is 14.9. The number of carbonyl (C=O) groups excluding carboxylic acids is 2. The first-order valence-corrected chi connectivity index (χ1v) is 9.39. The monoisotopic (exact) mass is 364 g/mol. The molecular weight excluding hydrogens is 340 g/mol. The molecular formula is C19H24O7. The van der Waals surface area contributed by atoms with Crippen molar-refractivity contribution in [3.05, 3.63) is 0 Å². The molecule has 4 saturated carbocycles. The quantitative estimate of drug-likeness (QED) is 0.580. The molecule has 26 heavy (non-hydrogen) atoms. The number of aliphatic hydroxyl groups excluding tert-OH is 2. The van der Waals surface area contributed by atoms with Crippen LogP contribution in [-0.2, 0) is 19.1 Å². The van der Waals surface area contributed by atoms with Gasteiger partial charge < -0.3 is 20.1 Å². The Balaban J connectivity index is 1.77. The molecule has 7 nitrogen and oxygen atoms in total. The molecule has 0 aromatic heterocycles. The van der Waals surface area contributed by atoms with Crippen molar-refractivity contribution >= 4 is 17.7 Å². The zero-order valence-corrected chi connectivity index (χ0v) is 14.9. The maximum Gasteiger partial charge on any atom is 0.315 e. The summed E-state index contributed by atoms with van der Waals surface area (Å²) in [7, 11) is 0. The number of ether oxygens (including phenoxy) is 1. The number of fused-ring (bicyclic) bond motifs is 1. The van der Waals surface area contributed by atoms with Crippen molar-refractivity contribution in [3.63, 3.8) is 0 Å². The third-order valence-electron chi connectivity index (χ3n) is 8.77. The van der Waals surface area contributed by atoms with Gasteiger partial charge in [-0.1, -0.05) is 6.92 Å². The SMILES string of the molecule is C[C@@]12CC[C@@H]3[C@@](CC1=O)(C2)[C@H](C(=O)O)[C@@H]1[C@]32C[C@@H](O)[C@@H](O)[C@]1(C)C(=O)O2. The van der Waals surface area contributed by atoms with Crippen LogP contribution in [0.5, 0.6) is 0 Å². The van der Waals surface area contributed by atoms with Crippen LogP contribution in [-0.4, -0.2) is 50.9 Å². The van der Waals surface area contributed by atoms with Gasteiger partial charge in [0, 0.05) is 30.1 Å². The zero-order chi connectivity index (χ0) is 18.9. The summed E-state index contributed by atoms with van der Waals surface area (Å²) in [5, 5.41) is 31.3. The average molecular weight is 364 g/mol. The van der Waals surface area contributed by atoms with Gasteiger partial charge in [-0.3, -0.25) is 14.4 Å². The number of hydrogen-bond acceptors (Lipinski definition) is 6. The van der Waals surface area contributed by atoms with Gasteiger partial charge in [-0.05, 0) is 31.6 Å². The summed E-state index contributed by atoms with van der Waals surface area (Å²) >= 11 is 0. The summed E-state index contributed by atoms with van der Waals surface area (Å²) in [6.07, 6.45) is -0.542. The van der Waals surface area contributed by atoms with E-state index in [2.05, 4.69) is 0 Å². The predicted molar refractivity (Wildman–Crippen MR) is 85.7 cm³/mol. The number of esters is 1. The van der Waals surface area contributed by atoms with Crippen LogP contribution in [0.4, 0.5) is 0 Å². The first-order chi connectivity index (χ1) is 12.0. The molecule has 5 rings (SSSR count). The number of Topliss-reactive ketones (excluding diaryl/α,β-unsaturated/α-hetero) is 1. The number of carboxylic acid groups (broad SMARTS) is 1. The summed E-state index contributed by atoms with van der Waals surface area (Å²) < 4.78 is 5.87. The van der Waals surface area contributed by atoms with E-state index in [0.717, 1.165) is 0 Å². The Labute approximate surface area is 150 Å². The largest absolute Gasteiger partial charge is 0.481 e. The number of ketones is 1. The van der Waals surface area contributed by atoms with Crippen LogP contribution in [0, 0.1) is 34.0 Å². The lowest BCUT2D eigenvalue weighted by atomic mass is 9.58. The van der Waals surface area contributed by atoms with Crippen LogP contribution in [0.3, 0.4) is 0 Å². The fourth-order valence-corrected chi connectivity index (χ4v) is 7.86. The Morgan fingerprint density at radius 2 is 1.92 bits per heavy atom. The first kappa shape index (κ1) is 16.7. The van der Waals surface area contributed by atoms with Crippen molar-refractivity contribution in [2.24, 2.45) is 34.0 Å². The molecule has 0 unspecified atom stereocenters. The second kappa shape index (κ2) is 4.33. The second-order valence-electron chi connectivity index (χ2n) is 9.80. The lowest BCUT2D eigenvalue weighted by molar-refractivity contribution is -0.164. The fourth-order valence-electron chi connectivity index (χ4n) is 7.86. The molecule has 0 aromatic rings. The minimum Gasteiger partial charge on any atom is -0.481 e. The number of carbonyl (C=O) groups is 3. The van der Waals surface area contributed by atoms with Crippen molar-refractivity contribution < 1.29 is 34.4 Å². The molecule has 5 fully saturated rings. The van der Waals surface area contributed by atoms with Crippen LogP contribution < -0.4 is 0 Å². The predicted octanol–water partition coefficient (Wildman–Crippen LogP) is 0.510. The molecule has 3 N–H and O–H groups in total. The summed E-state index contributed by atoms with van der Waals surface area (Å²) in [6.45, 7) is 3.43. The van der Waals surface area contributed by atoms with Crippen molar-refractivity contribution in [2.75, 3.05) is 0 Å². The van der Waals surface area contributed by atoms with Gasteiger partial charge in [0.05, 0.1) is 18.1 Å². The van der Waals surface area contributed by atoms with Crippen molar-refractivity contribution in [1.29, 1.82) is 0 Å². The van der Waals surface area contributed by atoms with E-state index in [1.807, 2.05) is 6.92 Å². The molecule has 4 bridgehead atoms. The van der Waals surface area contributed by atoms with Gasteiger partial charge in [0.1, 0.15) is 16.8 Å². The molecule has 1 spiro atoms. The van der Waals surface area contributed by atoms with Crippen LogP contribution in [0.25, 0.3) is 0 Å². The number of aliphatic hydroxyl groups is 2. The molecule has 1 heterocycles. The maximum absolute atomic E-state index is 12.8. The van der Waals surface area contributed by atoms with Gasteiger partial charge in [-0.2, -0.15) is 0 Å². The third kappa shape index (κ3) is 1.43. The minimum atomic E-state index is -1.46. The smallest absolute Gasteiger partial charge is 0.315 e. The molecule has 7 heteroatoms. The molecule has 0 aromatic carbocycles. The molecule has 0 amide bonds. The summed E-state index contributed by atoms with van der Waals surface area (Å²) in [4.78, 5) is 38.0. The van der Waals surface area contributed by atoms with Gasteiger partial charge in [-0.25, -0.2) is 0 Å². The number of aliphatic carboxylic acids is 1. The van der Waals surface area contributed by atoms with Crippen LogP contribution in [0.1, 0.15) is 46.0 Å². The van der Waals surface area contributed by atoms with Gasteiger partial charge in [0.2, 0.25) is 0 Å². The highest BCUT2D eigenvalue weighted by Crippen LogP contribution is 2.78. The van der Waals surface area contributed by atoms with E-state index >= 15 is 0 Å². The minimum absolute atomic E-state index is 0.0429. The Morgan fingerprint density at radius 1 is 1.23 bits per heavy atom. The normalized spacial score (nSPS) is 59.8. The van der Waals surface area contributed by atoms with Gasteiger partial charge >= 0.3 is 11.9 Å². The van der Waals surface area contributed by atoms with Crippen molar-refractivity contribution in [3.8, 4) is 0 Å². The van der Waals surface area contributed by atoms with E-state index in [-0.39, 0.29) is 24.5 Å². The molecule has 1 aliphatic heterocycles. The number of hydrogen-bond donors (Lipinski definition) is 3. The third-order valence-corrected chi connectivity index (χ3v) is 8.77. The highest BCUT2D eigenvalue weighted by Gasteiger charge is 2.85. The van der Waals surface area contributed by atoms with E-state index in [1.54, 1.807) is 0 Å². The highest BCUT2D eigenvalue weighted by molar-refractivity contribution is 5.91. The summed E-state index contributed by atoms with van der Waals surface area (Å²) in [5.74, 6) is -3.49. The van der Waals surface area contributed by atoms with Crippen LogP contribution in [0.15, 0.2) is 0 Å². The second-order valence-corrected chi connectivity index (χ2v) is 9.80. The van der Waals surface area contributed by atoms with Gasteiger partial charge in [0.15, 0.2) is 0 Å². The van der Waals surface area contributed by atoms with Crippen molar-refractivity contribution in [1.82, 2.24) is 0 Å². The molecule has 1 saturated heterocycles. The first-order valence-electron chi connectivity index (χ1n) is 9.39. The van der Waals surface area contributed by atoms with E-state index in [0.29, 0.717) is 19.3 Å². The van der Waals surface area contributed by atoms with Crippen LogP contribution in [0.2, 0.25) is 0 Å².